The van der Waals surface area contributed by atoms with Crippen molar-refractivity contribution in [1.82, 2.24) is 20.0 Å². The highest BCUT2D eigenvalue weighted by Crippen LogP contribution is 2.32. The number of nitrogens with zero attached hydrogens (tertiary/aromatic N) is 4. The summed E-state index contributed by atoms with van der Waals surface area (Å²) < 4.78 is 0. The number of piperidine rings is 1. The van der Waals surface area contributed by atoms with Crippen LogP contribution in [0, 0.1) is 11.8 Å². The Kier molecular flexibility index (Phi) is 4.55. The monoisotopic (exact) mass is 343 g/mol. The molecule has 7 heteroatoms. The maximum Gasteiger partial charge on any atom is 0.227 e. The predicted molar refractivity (Wildman–Crippen MR) is 92.7 cm³/mol. The number of likely N-dealkylation sites (tertiary alicyclic amines) is 2. The van der Waals surface area contributed by atoms with Gasteiger partial charge in [-0.2, -0.15) is 5.10 Å². The van der Waals surface area contributed by atoms with Gasteiger partial charge >= 0.3 is 0 Å². The molecular formula is C18H25N5O2. The van der Waals surface area contributed by atoms with Crippen molar-refractivity contribution >= 4 is 17.6 Å². The largest absolute Gasteiger partial charge is 0.366 e. The van der Waals surface area contributed by atoms with Crippen LogP contribution in [0.2, 0.25) is 0 Å². The summed E-state index contributed by atoms with van der Waals surface area (Å²) in [5, 5.41) is 11.3. The van der Waals surface area contributed by atoms with E-state index < -0.39 is 0 Å². The minimum Gasteiger partial charge on any atom is -0.366 e. The van der Waals surface area contributed by atoms with Crippen molar-refractivity contribution < 1.29 is 9.59 Å². The van der Waals surface area contributed by atoms with Gasteiger partial charge in [0.1, 0.15) is 5.82 Å². The molecular weight excluding hydrogens is 318 g/mol. The standard InChI is InChI=1S/C18H25N5O2/c24-17-10-14(12-23(17)11-13-3-4-13)18(25)22-8-5-15(6-9-22)20-16-2-1-7-19-21-16/h1-2,7,13-15H,3-6,8-12H2,(H,20,21). The van der Waals surface area contributed by atoms with Gasteiger partial charge < -0.3 is 15.1 Å². The Labute approximate surface area is 147 Å². The molecule has 0 spiro atoms. The van der Waals surface area contributed by atoms with Crippen LogP contribution in [0.1, 0.15) is 32.1 Å². The summed E-state index contributed by atoms with van der Waals surface area (Å²) in [7, 11) is 0. The SMILES string of the molecule is O=C1CC(C(=O)N2CCC(Nc3cccnn3)CC2)CN1CC1CC1. The number of carbonyl (C=O) groups excluding carboxylic acids is 2. The van der Waals surface area contributed by atoms with Gasteiger partial charge in [-0.05, 0) is 43.7 Å². The molecule has 1 aromatic heterocycles. The average molecular weight is 343 g/mol. The lowest BCUT2D eigenvalue weighted by atomic mass is 10.0. The molecule has 0 bridgehead atoms. The first-order chi connectivity index (χ1) is 12.2. The molecule has 1 N–H and O–H groups in total. The third kappa shape index (κ3) is 3.91. The lowest BCUT2D eigenvalue weighted by Crippen LogP contribution is -2.45. The molecule has 3 aliphatic rings. The summed E-state index contributed by atoms with van der Waals surface area (Å²) in [6.45, 7) is 2.95. The summed E-state index contributed by atoms with van der Waals surface area (Å²) >= 11 is 0. The van der Waals surface area contributed by atoms with Crippen molar-refractivity contribution in [2.75, 3.05) is 31.5 Å². The Morgan fingerprint density at radius 3 is 2.72 bits per heavy atom. The summed E-state index contributed by atoms with van der Waals surface area (Å²) in [4.78, 5) is 28.7. The van der Waals surface area contributed by atoms with Crippen LogP contribution < -0.4 is 5.32 Å². The summed E-state index contributed by atoms with van der Waals surface area (Å²) in [6.07, 6.45) is 6.30. The molecule has 25 heavy (non-hydrogen) atoms. The zero-order valence-corrected chi connectivity index (χ0v) is 14.4. The molecule has 4 rings (SSSR count). The minimum atomic E-state index is -0.143. The average Bonchev–Trinajstić information content (AvgIpc) is 3.38. The van der Waals surface area contributed by atoms with Crippen molar-refractivity contribution in [2.24, 2.45) is 11.8 Å². The fraction of sp³-hybridized carbons (Fsp3) is 0.667. The number of carbonyl (C=O) groups is 2. The fourth-order valence-corrected chi connectivity index (χ4v) is 3.82. The van der Waals surface area contributed by atoms with Crippen LogP contribution in [0.15, 0.2) is 18.3 Å². The third-order valence-electron chi connectivity index (χ3n) is 5.47. The van der Waals surface area contributed by atoms with Crippen molar-refractivity contribution in [2.45, 2.75) is 38.1 Å². The zero-order valence-electron chi connectivity index (χ0n) is 14.4. The number of aromatic nitrogens is 2. The van der Waals surface area contributed by atoms with Gasteiger partial charge in [0.2, 0.25) is 11.8 Å². The summed E-state index contributed by atoms with van der Waals surface area (Å²) in [6, 6.07) is 4.08. The Bertz CT molecular complexity index is 626. The molecule has 7 nitrogen and oxygen atoms in total. The maximum atomic E-state index is 12.8. The van der Waals surface area contributed by atoms with Gasteiger partial charge in [0.25, 0.3) is 0 Å². The van der Waals surface area contributed by atoms with E-state index in [9.17, 15) is 9.59 Å². The highest BCUT2D eigenvalue weighted by molar-refractivity contribution is 5.89. The first-order valence-corrected chi connectivity index (χ1v) is 9.30. The van der Waals surface area contributed by atoms with Crippen molar-refractivity contribution in [3.8, 4) is 0 Å². The molecule has 1 atom stereocenters. The van der Waals surface area contributed by atoms with E-state index in [1.807, 2.05) is 21.9 Å². The smallest absolute Gasteiger partial charge is 0.227 e. The number of hydrogen-bond donors (Lipinski definition) is 1. The molecule has 3 heterocycles. The van der Waals surface area contributed by atoms with Crippen LogP contribution in [0.3, 0.4) is 0 Å². The highest BCUT2D eigenvalue weighted by Gasteiger charge is 2.39. The summed E-state index contributed by atoms with van der Waals surface area (Å²) in [5.74, 6) is 1.63. The normalized spacial score (nSPS) is 24.6. The van der Waals surface area contributed by atoms with Crippen LogP contribution in [-0.4, -0.2) is 64.0 Å². The van der Waals surface area contributed by atoms with Gasteiger partial charge in [0.05, 0.1) is 5.92 Å². The van der Waals surface area contributed by atoms with Crippen molar-refractivity contribution in [3.05, 3.63) is 18.3 Å². The molecule has 0 aromatic carbocycles. The van der Waals surface area contributed by atoms with Crippen LogP contribution in [0.5, 0.6) is 0 Å². The predicted octanol–water partition coefficient (Wildman–Crippen LogP) is 1.14. The minimum absolute atomic E-state index is 0.143. The van der Waals surface area contributed by atoms with Gasteiger partial charge in [0.15, 0.2) is 0 Å². The Balaban J connectivity index is 1.26. The van der Waals surface area contributed by atoms with E-state index in [-0.39, 0.29) is 17.7 Å². The molecule has 2 aliphatic heterocycles. The van der Waals surface area contributed by atoms with E-state index in [1.165, 1.54) is 12.8 Å². The lowest BCUT2D eigenvalue weighted by molar-refractivity contribution is -0.136. The van der Waals surface area contributed by atoms with Gasteiger partial charge in [-0.15, -0.1) is 5.10 Å². The van der Waals surface area contributed by atoms with E-state index in [1.54, 1.807) is 6.20 Å². The Hall–Kier alpha value is -2.18. The molecule has 3 fully saturated rings. The van der Waals surface area contributed by atoms with E-state index in [2.05, 4.69) is 15.5 Å². The molecule has 134 valence electrons. The second-order valence-electron chi connectivity index (χ2n) is 7.50. The summed E-state index contributed by atoms with van der Waals surface area (Å²) in [5.41, 5.74) is 0. The molecule has 1 saturated carbocycles. The third-order valence-corrected chi connectivity index (χ3v) is 5.47. The van der Waals surface area contributed by atoms with Crippen LogP contribution in [0.4, 0.5) is 5.82 Å². The van der Waals surface area contributed by atoms with E-state index in [4.69, 9.17) is 0 Å². The van der Waals surface area contributed by atoms with Gasteiger partial charge in [-0.25, -0.2) is 0 Å². The van der Waals surface area contributed by atoms with E-state index in [0.717, 1.165) is 38.3 Å². The fourth-order valence-electron chi connectivity index (χ4n) is 3.82. The lowest BCUT2D eigenvalue weighted by Gasteiger charge is -2.34. The van der Waals surface area contributed by atoms with Crippen LogP contribution in [0.25, 0.3) is 0 Å². The molecule has 1 aromatic rings. The van der Waals surface area contributed by atoms with Crippen LogP contribution >= 0.6 is 0 Å². The molecule has 1 unspecified atom stereocenters. The first-order valence-electron chi connectivity index (χ1n) is 9.30. The number of anilines is 1. The highest BCUT2D eigenvalue weighted by atomic mass is 16.2. The van der Waals surface area contributed by atoms with Gasteiger partial charge in [-0.1, -0.05) is 0 Å². The molecule has 0 radical (unpaired) electrons. The van der Waals surface area contributed by atoms with Gasteiger partial charge in [-0.3, -0.25) is 9.59 Å². The van der Waals surface area contributed by atoms with E-state index in [0.29, 0.717) is 24.9 Å². The number of rotatable bonds is 5. The second-order valence-corrected chi connectivity index (χ2v) is 7.50. The Morgan fingerprint density at radius 2 is 2.04 bits per heavy atom. The van der Waals surface area contributed by atoms with E-state index >= 15 is 0 Å². The number of hydrogen-bond acceptors (Lipinski definition) is 5. The van der Waals surface area contributed by atoms with Crippen LogP contribution in [-0.2, 0) is 9.59 Å². The quantitative estimate of drug-likeness (QED) is 0.867. The van der Waals surface area contributed by atoms with Crippen molar-refractivity contribution in [3.63, 3.8) is 0 Å². The first kappa shape index (κ1) is 16.3. The maximum absolute atomic E-state index is 12.8. The molecule has 1 aliphatic carbocycles. The van der Waals surface area contributed by atoms with Gasteiger partial charge in [0, 0.05) is 44.8 Å². The molecule has 2 amide bonds. The topological polar surface area (TPSA) is 78.4 Å². The zero-order chi connectivity index (χ0) is 17.2. The number of nitrogens with one attached hydrogen (secondary N) is 1. The van der Waals surface area contributed by atoms with Crippen molar-refractivity contribution in [1.29, 1.82) is 0 Å². The Morgan fingerprint density at radius 1 is 1.24 bits per heavy atom. The molecule has 2 saturated heterocycles. The number of amides is 2. The second kappa shape index (κ2) is 6.98.